The first kappa shape index (κ1) is 15.5. The minimum atomic E-state index is 0.475. The highest BCUT2D eigenvalue weighted by Crippen LogP contribution is 2.49. The first-order valence-corrected chi connectivity index (χ1v) is 8.67. The van der Waals surface area contributed by atoms with Gasteiger partial charge in [0.25, 0.3) is 0 Å². The van der Waals surface area contributed by atoms with E-state index < -0.39 is 0 Å². The second-order valence-electron chi connectivity index (χ2n) is 6.85. The number of nitrogens with zero attached hydrogens (tertiary/aromatic N) is 3. The average molecular weight is 327 g/mol. The normalized spacial score (nSPS) is 20.7. The zero-order valence-corrected chi connectivity index (χ0v) is 14.7. The van der Waals surface area contributed by atoms with E-state index in [1.807, 2.05) is 17.9 Å². The summed E-state index contributed by atoms with van der Waals surface area (Å²) in [5.41, 5.74) is 4.10. The van der Waals surface area contributed by atoms with E-state index >= 15 is 0 Å². The fraction of sp³-hybridized carbons (Fsp3) is 0.526. The molecular formula is C19H25N3O2. The van der Waals surface area contributed by atoms with Crippen molar-refractivity contribution in [2.45, 2.75) is 31.8 Å². The Balaban J connectivity index is 1.69. The van der Waals surface area contributed by atoms with Crippen LogP contribution in [0.5, 0.6) is 11.5 Å². The molecule has 1 aromatic heterocycles. The summed E-state index contributed by atoms with van der Waals surface area (Å²) in [5, 5.41) is 4.32. The highest BCUT2D eigenvalue weighted by atomic mass is 16.5. The quantitative estimate of drug-likeness (QED) is 0.846. The maximum absolute atomic E-state index is 5.55. The van der Waals surface area contributed by atoms with E-state index in [1.54, 1.807) is 14.2 Å². The predicted octanol–water partition coefficient (Wildman–Crippen LogP) is 2.95. The van der Waals surface area contributed by atoms with E-state index in [9.17, 15) is 0 Å². The fourth-order valence-corrected chi connectivity index (χ4v) is 3.93. The third kappa shape index (κ3) is 2.67. The number of ether oxygens (including phenoxy) is 2. The van der Waals surface area contributed by atoms with E-state index in [0.717, 1.165) is 36.9 Å². The molecular weight excluding hydrogens is 302 g/mol. The van der Waals surface area contributed by atoms with Crippen LogP contribution in [0.2, 0.25) is 0 Å². The molecule has 1 unspecified atom stereocenters. The molecule has 1 fully saturated rings. The molecule has 1 aliphatic heterocycles. The fourth-order valence-electron chi connectivity index (χ4n) is 3.93. The van der Waals surface area contributed by atoms with Crippen molar-refractivity contribution in [3.63, 3.8) is 0 Å². The average Bonchev–Trinajstić information content (AvgIpc) is 3.36. The molecule has 1 saturated carbocycles. The van der Waals surface area contributed by atoms with Crippen LogP contribution < -0.4 is 9.47 Å². The Morgan fingerprint density at radius 3 is 2.54 bits per heavy atom. The molecule has 2 aromatic rings. The summed E-state index contributed by atoms with van der Waals surface area (Å²) in [5.74, 6) is 2.44. The second kappa shape index (κ2) is 6.13. The standard InChI is InChI=1S/C19H25N3O2/c1-21-15(6-8-20-21)12-22-9-7-14-10-17(23-2)18(24-3)11-16(14)19(22)13-4-5-13/h6,8,10-11,13,19H,4-5,7,9,12H2,1-3H3. The van der Waals surface area contributed by atoms with E-state index in [1.165, 1.54) is 29.7 Å². The molecule has 2 aliphatic rings. The molecule has 0 bridgehead atoms. The first-order valence-electron chi connectivity index (χ1n) is 8.67. The van der Waals surface area contributed by atoms with Crippen LogP contribution in [-0.4, -0.2) is 35.4 Å². The Kier molecular flexibility index (Phi) is 3.96. The lowest BCUT2D eigenvalue weighted by Crippen LogP contribution is -2.36. The van der Waals surface area contributed by atoms with Gasteiger partial charge < -0.3 is 9.47 Å². The van der Waals surface area contributed by atoms with Crippen molar-refractivity contribution in [3.05, 3.63) is 41.2 Å². The van der Waals surface area contributed by atoms with E-state index in [2.05, 4.69) is 28.2 Å². The molecule has 5 heteroatoms. The van der Waals surface area contributed by atoms with Gasteiger partial charge in [0, 0.05) is 32.4 Å². The molecule has 1 aromatic carbocycles. The second-order valence-corrected chi connectivity index (χ2v) is 6.85. The van der Waals surface area contributed by atoms with Gasteiger partial charge in [0.1, 0.15) is 0 Å². The lowest BCUT2D eigenvalue weighted by atomic mass is 9.89. The number of aromatic nitrogens is 2. The number of rotatable bonds is 5. The van der Waals surface area contributed by atoms with Crippen LogP contribution in [0.25, 0.3) is 0 Å². The molecule has 0 amide bonds. The summed E-state index contributed by atoms with van der Waals surface area (Å²) in [7, 11) is 5.44. The third-order valence-corrected chi connectivity index (χ3v) is 5.38. The predicted molar refractivity (Wildman–Crippen MR) is 92.3 cm³/mol. The lowest BCUT2D eigenvalue weighted by molar-refractivity contribution is 0.152. The van der Waals surface area contributed by atoms with Crippen molar-refractivity contribution in [2.75, 3.05) is 20.8 Å². The summed E-state index contributed by atoms with van der Waals surface area (Å²) in [6.07, 6.45) is 5.57. The van der Waals surface area contributed by atoms with Crippen molar-refractivity contribution in [1.82, 2.24) is 14.7 Å². The topological polar surface area (TPSA) is 39.5 Å². The van der Waals surface area contributed by atoms with Gasteiger partial charge in [-0.2, -0.15) is 5.10 Å². The zero-order chi connectivity index (χ0) is 16.7. The van der Waals surface area contributed by atoms with Gasteiger partial charge in [-0.15, -0.1) is 0 Å². The first-order chi connectivity index (χ1) is 11.7. The Bertz CT molecular complexity index is 736. The molecule has 1 atom stereocenters. The molecule has 128 valence electrons. The molecule has 0 radical (unpaired) electrons. The summed E-state index contributed by atoms with van der Waals surface area (Å²) in [4.78, 5) is 2.61. The lowest BCUT2D eigenvalue weighted by Gasteiger charge is -2.38. The minimum absolute atomic E-state index is 0.475. The molecule has 2 heterocycles. The van der Waals surface area contributed by atoms with Crippen LogP contribution >= 0.6 is 0 Å². The van der Waals surface area contributed by atoms with Crippen LogP contribution in [0.4, 0.5) is 0 Å². The molecule has 4 rings (SSSR count). The number of hydrogen-bond acceptors (Lipinski definition) is 4. The summed E-state index contributed by atoms with van der Waals surface area (Å²) in [6.45, 7) is 2.03. The molecule has 24 heavy (non-hydrogen) atoms. The molecule has 0 saturated heterocycles. The third-order valence-electron chi connectivity index (χ3n) is 5.38. The largest absolute Gasteiger partial charge is 0.493 e. The number of fused-ring (bicyclic) bond motifs is 1. The van der Waals surface area contributed by atoms with Crippen molar-refractivity contribution >= 4 is 0 Å². The Hall–Kier alpha value is -2.01. The Labute approximate surface area is 143 Å². The minimum Gasteiger partial charge on any atom is -0.493 e. The molecule has 0 spiro atoms. The van der Waals surface area contributed by atoms with Gasteiger partial charge in [-0.25, -0.2) is 0 Å². The van der Waals surface area contributed by atoms with Crippen molar-refractivity contribution in [2.24, 2.45) is 13.0 Å². The van der Waals surface area contributed by atoms with E-state index in [4.69, 9.17) is 9.47 Å². The van der Waals surface area contributed by atoms with Crippen molar-refractivity contribution in [1.29, 1.82) is 0 Å². The summed E-state index contributed by atoms with van der Waals surface area (Å²) >= 11 is 0. The van der Waals surface area contributed by atoms with Crippen molar-refractivity contribution in [3.8, 4) is 11.5 Å². The van der Waals surface area contributed by atoms with Crippen LogP contribution in [0, 0.1) is 5.92 Å². The molecule has 5 nitrogen and oxygen atoms in total. The van der Waals surface area contributed by atoms with Crippen LogP contribution in [0.15, 0.2) is 24.4 Å². The molecule has 0 N–H and O–H groups in total. The van der Waals surface area contributed by atoms with Crippen LogP contribution in [0.3, 0.4) is 0 Å². The van der Waals surface area contributed by atoms with Gasteiger partial charge in [-0.05, 0) is 54.5 Å². The monoisotopic (exact) mass is 327 g/mol. The van der Waals surface area contributed by atoms with Gasteiger partial charge in [-0.1, -0.05) is 0 Å². The zero-order valence-electron chi connectivity index (χ0n) is 14.7. The van der Waals surface area contributed by atoms with Crippen LogP contribution in [0.1, 0.15) is 35.7 Å². The number of benzene rings is 1. The Morgan fingerprint density at radius 2 is 1.92 bits per heavy atom. The van der Waals surface area contributed by atoms with E-state index in [0.29, 0.717) is 6.04 Å². The SMILES string of the molecule is COc1cc2c(cc1OC)C(C1CC1)N(Cc1ccnn1C)CC2. The number of aryl methyl sites for hydroxylation is 1. The number of methoxy groups -OCH3 is 2. The van der Waals surface area contributed by atoms with Gasteiger partial charge in [0.2, 0.25) is 0 Å². The van der Waals surface area contributed by atoms with Crippen molar-refractivity contribution < 1.29 is 9.47 Å². The van der Waals surface area contributed by atoms with Crippen LogP contribution in [-0.2, 0) is 20.0 Å². The Morgan fingerprint density at radius 1 is 1.17 bits per heavy atom. The smallest absolute Gasteiger partial charge is 0.161 e. The maximum atomic E-state index is 5.55. The summed E-state index contributed by atoms with van der Waals surface area (Å²) in [6, 6.07) is 6.97. The maximum Gasteiger partial charge on any atom is 0.161 e. The van der Waals surface area contributed by atoms with Gasteiger partial charge in [0.05, 0.1) is 19.9 Å². The van der Waals surface area contributed by atoms with Gasteiger partial charge in [0.15, 0.2) is 11.5 Å². The van der Waals surface area contributed by atoms with Gasteiger partial charge >= 0.3 is 0 Å². The van der Waals surface area contributed by atoms with Gasteiger partial charge in [-0.3, -0.25) is 9.58 Å². The summed E-state index contributed by atoms with van der Waals surface area (Å²) < 4.78 is 13.0. The van der Waals surface area contributed by atoms with E-state index in [-0.39, 0.29) is 0 Å². The highest BCUT2D eigenvalue weighted by molar-refractivity contribution is 5.50. The number of hydrogen-bond donors (Lipinski definition) is 0. The highest BCUT2D eigenvalue weighted by Gasteiger charge is 2.40. The molecule has 1 aliphatic carbocycles.